The van der Waals surface area contributed by atoms with Crippen molar-refractivity contribution in [3.05, 3.63) is 59.2 Å². The quantitative estimate of drug-likeness (QED) is 0.466. The number of nitrogens with zero attached hydrogens (tertiary/aromatic N) is 3. The molecule has 29 heavy (non-hydrogen) atoms. The maximum Gasteiger partial charge on any atom is 0.338 e. The van der Waals surface area contributed by atoms with Gasteiger partial charge in [-0.1, -0.05) is 0 Å². The van der Waals surface area contributed by atoms with E-state index in [1.165, 1.54) is 11.3 Å². The van der Waals surface area contributed by atoms with Crippen LogP contribution in [0.15, 0.2) is 48.0 Å². The number of rotatable bonds is 6. The van der Waals surface area contributed by atoms with E-state index in [2.05, 4.69) is 10.3 Å². The summed E-state index contributed by atoms with van der Waals surface area (Å²) in [5.41, 5.74) is 4.87. The molecule has 7 nitrogen and oxygen atoms in total. The molecule has 0 saturated heterocycles. The number of pyridine rings is 1. The highest BCUT2D eigenvalue weighted by molar-refractivity contribution is 7.14. The molecule has 0 fully saturated rings. The fourth-order valence-electron chi connectivity index (χ4n) is 3.05. The van der Waals surface area contributed by atoms with Crippen LogP contribution in [0, 0.1) is 6.92 Å². The number of imidazole rings is 1. The lowest BCUT2D eigenvalue weighted by molar-refractivity contribution is 0.0526. The molecule has 3 heterocycles. The molecular formula is C21H20N4O3S. The van der Waals surface area contributed by atoms with Crippen molar-refractivity contribution in [1.82, 2.24) is 14.4 Å². The van der Waals surface area contributed by atoms with Crippen LogP contribution in [0.2, 0.25) is 0 Å². The Balaban J connectivity index is 1.57. The Morgan fingerprint density at radius 3 is 2.72 bits per heavy atom. The minimum atomic E-state index is -0.324. The number of aryl methyl sites for hydroxylation is 1. The Kier molecular flexibility index (Phi) is 5.18. The predicted molar refractivity (Wildman–Crippen MR) is 113 cm³/mol. The summed E-state index contributed by atoms with van der Waals surface area (Å²) >= 11 is 1.51. The number of nitrogens with one attached hydrogen (secondary N) is 1. The highest BCUT2D eigenvalue weighted by Gasteiger charge is 2.15. The summed E-state index contributed by atoms with van der Waals surface area (Å²) < 4.78 is 12.3. The van der Waals surface area contributed by atoms with E-state index < -0.39 is 0 Å². The fourth-order valence-corrected chi connectivity index (χ4v) is 3.76. The van der Waals surface area contributed by atoms with Crippen LogP contribution < -0.4 is 10.1 Å². The SMILES string of the molecule is CCOC(=O)c1ccc(Nc2nc(-c3c(C)nc4cc(OC)ccn34)cs2)cc1. The van der Waals surface area contributed by atoms with Gasteiger partial charge in [0.25, 0.3) is 0 Å². The standard InChI is InChI=1S/C21H20N4O3S/c1-4-28-20(26)14-5-7-15(8-6-14)23-21-24-17(12-29-21)19-13(2)22-18-11-16(27-3)9-10-25(18)19/h5-12H,4H2,1-3H3,(H,23,24). The van der Waals surface area contributed by atoms with Gasteiger partial charge in [-0.05, 0) is 44.2 Å². The van der Waals surface area contributed by atoms with Gasteiger partial charge in [-0.15, -0.1) is 11.3 Å². The van der Waals surface area contributed by atoms with E-state index in [-0.39, 0.29) is 5.97 Å². The molecule has 0 spiro atoms. The summed E-state index contributed by atoms with van der Waals surface area (Å²) in [5.74, 6) is 0.441. The molecule has 0 unspecified atom stereocenters. The van der Waals surface area contributed by atoms with Crippen molar-refractivity contribution >= 4 is 33.8 Å². The van der Waals surface area contributed by atoms with Crippen molar-refractivity contribution in [2.75, 3.05) is 19.0 Å². The van der Waals surface area contributed by atoms with Crippen LogP contribution in [0.4, 0.5) is 10.8 Å². The number of anilines is 2. The molecule has 0 atom stereocenters. The molecule has 0 radical (unpaired) electrons. The number of esters is 1. The number of benzene rings is 1. The summed E-state index contributed by atoms with van der Waals surface area (Å²) in [6, 6.07) is 10.9. The molecule has 8 heteroatoms. The van der Waals surface area contributed by atoms with E-state index in [0.717, 1.165) is 39.3 Å². The number of fused-ring (bicyclic) bond motifs is 1. The van der Waals surface area contributed by atoms with Gasteiger partial charge in [-0.25, -0.2) is 14.8 Å². The Morgan fingerprint density at radius 1 is 1.21 bits per heavy atom. The number of thiazole rings is 1. The first-order valence-electron chi connectivity index (χ1n) is 9.12. The second kappa shape index (κ2) is 7.92. The molecule has 1 N–H and O–H groups in total. The zero-order valence-electron chi connectivity index (χ0n) is 16.3. The second-order valence-electron chi connectivity index (χ2n) is 6.30. The van der Waals surface area contributed by atoms with Crippen molar-refractivity contribution < 1.29 is 14.3 Å². The third-order valence-corrected chi connectivity index (χ3v) is 5.16. The molecule has 0 aliphatic heterocycles. The van der Waals surface area contributed by atoms with Gasteiger partial charge in [0.2, 0.25) is 0 Å². The zero-order valence-corrected chi connectivity index (χ0v) is 17.1. The lowest BCUT2D eigenvalue weighted by atomic mass is 10.2. The van der Waals surface area contributed by atoms with Gasteiger partial charge in [-0.3, -0.25) is 4.40 Å². The first kappa shape index (κ1) is 18.9. The summed E-state index contributed by atoms with van der Waals surface area (Å²) in [5, 5.41) is 6.03. The van der Waals surface area contributed by atoms with E-state index in [1.807, 2.05) is 47.2 Å². The number of methoxy groups -OCH3 is 1. The average Bonchev–Trinajstić information content (AvgIpc) is 3.30. The predicted octanol–water partition coefficient (Wildman–Crippen LogP) is 4.70. The molecule has 0 aliphatic carbocycles. The van der Waals surface area contributed by atoms with Crippen LogP contribution in [0.1, 0.15) is 23.0 Å². The Morgan fingerprint density at radius 2 is 2.00 bits per heavy atom. The number of ether oxygens (including phenoxy) is 2. The van der Waals surface area contributed by atoms with Gasteiger partial charge >= 0.3 is 5.97 Å². The summed E-state index contributed by atoms with van der Waals surface area (Å²) in [4.78, 5) is 21.1. The van der Waals surface area contributed by atoms with Crippen LogP contribution in [0.3, 0.4) is 0 Å². The van der Waals surface area contributed by atoms with Gasteiger partial charge in [0.1, 0.15) is 17.1 Å². The van der Waals surface area contributed by atoms with Crippen LogP contribution in [0.25, 0.3) is 17.0 Å². The molecule has 0 aliphatic rings. The molecule has 4 rings (SSSR count). The van der Waals surface area contributed by atoms with Crippen molar-refractivity contribution in [2.24, 2.45) is 0 Å². The number of hydrogen-bond donors (Lipinski definition) is 1. The highest BCUT2D eigenvalue weighted by Crippen LogP contribution is 2.30. The topological polar surface area (TPSA) is 77.8 Å². The van der Waals surface area contributed by atoms with Crippen LogP contribution in [-0.2, 0) is 4.74 Å². The van der Waals surface area contributed by atoms with Crippen molar-refractivity contribution in [2.45, 2.75) is 13.8 Å². The van der Waals surface area contributed by atoms with Crippen LogP contribution in [-0.4, -0.2) is 34.1 Å². The van der Waals surface area contributed by atoms with Gasteiger partial charge in [0.15, 0.2) is 5.13 Å². The van der Waals surface area contributed by atoms with Gasteiger partial charge in [0, 0.05) is 23.3 Å². The van der Waals surface area contributed by atoms with Crippen molar-refractivity contribution in [1.29, 1.82) is 0 Å². The molecule has 1 aromatic carbocycles. The average molecular weight is 408 g/mol. The van der Waals surface area contributed by atoms with Crippen LogP contribution in [0.5, 0.6) is 5.75 Å². The summed E-state index contributed by atoms with van der Waals surface area (Å²) in [7, 11) is 1.64. The number of hydrogen-bond acceptors (Lipinski definition) is 7. The minimum absolute atomic E-state index is 0.324. The smallest absolute Gasteiger partial charge is 0.338 e. The highest BCUT2D eigenvalue weighted by atomic mass is 32.1. The van der Waals surface area contributed by atoms with Gasteiger partial charge < -0.3 is 14.8 Å². The lowest BCUT2D eigenvalue weighted by Gasteiger charge is -2.05. The molecule has 4 aromatic rings. The minimum Gasteiger partial charge on any atom is -0.497 e. The molecular weight excluding hydrogens is 388 g/mol. The number of carbonyl (C=O) groups excluding carboxylic acids is 1. The summed E-state index contributed by atoms with van der Waals surface area (Å²) in [6.45, 7) is 4.11. The Labute approximate surface area is 172 Å². The molecule has 148 valence electrons. The molecule has 3 aromatic heterocycles. The van der Waals surface area contributed by atoms with E-state index in [0.29, 0.717) is 12.2 Å². The second-order valence-corrected chi connectivity index (χ2v) is 7.16. The van der Waals surface area contributed by atoms with Gasteiger partial charge in [-0.2, -0.15) is 0 Å². The fraction of sp³-hybridized carbons (Fsp3) is 0.190. The van der Waals surface area contributed by atoms with Crippen LogP contribution >= 0.6 is 11.3 Å². The van der Waals surface area contributed by atoms with Gasteiger partial charge in [0.05, 0.1) is 30.7 Å². The monoisotopic (exact) mass is 408 g/mol. The molecule has 0 saturated carbocycles. The van der Waals surface area contributed by atoms with E-state index >= 15 is 0 Å². The van der Waals surface area contributed by atoms with E-state index in [1.54, 1.807) is 26.2 Å². The third kappa shape index (κ3) is 3.79. The largest absolute Gasteiger partial charge is 0.497 e. The first-order chi connectivity index (χ1) is 14.1. The summed E-state index contributed by atoms with van der Waals surface area (Å²) in [6.07, 6.45) is 1.93. The van der Waals surface area contributed by atoms with Crippen molar-refractivity contribution in [3.8, 4) is 17.1 Å². The van der Waals surface area contributed by atoms with E-state index in [4.69, 9.17) is 14.5 Å². The molecule has 0 amide bonds. The van der Waals surface area contributed by atoms with E-state index in [9.17, 15) is 4.79 Å². The molecule has 0 bridgehead atoms. The zero-order chi connectivity index (χ0) is 20.4. The first-order valence-corrected chi connectivity index (χ1v) is 10.00. The maximum absolute atomic E-state index is 11.8. The Bertz CT molecular complexity index is 1160. The normalized spacial score (nSPS) is 10.9. The Hall–Kier alpha value is -3.39. The number of carbonyl (C=O) groups is 1. The number of aromatic nitrogens is 3. The third-order valence-electron chi connectivity index (χ3n) is 4.40. The maximum atomic E-state index is 11.8. The lowest BCUT2D eigenvalue weighted by Crippen LogP contribution is -2.04. The van der Waals surface area contributed by atoms with Crippen molar-refractivity contribution in [3.63, 3.8) is 0 Å².